The minimum absolute atomic E-state index is 0.353. The molecule has 2 heteroatoms. The molecule has 1 atom stereocenters. The maximum atomic E-state index is 7.90. The Balaban J connectivity index is 0.000000648. The molecule has 0 heterocycles. The monoisotopic (exact) mass is 373 g/mol. The molecule has 0 amide bonds. The molecule has 1 saturated carbocycles. The second-order valence-electron chi connectivity index (χ2n) is 6.39. The van der Waals surface area contributed by atoms with Gasteiger partial charge >= 0.3 is 0 Å². The molecule has 26 heavy (non-hydrogen) atoms. The van der Waals surface area contributed by atoms with Crippen LogP contribution < -0.4 is 0 Å². The average molecular weight is 374 g/mol. The van der Waals surface area contributed by atoms with Gasteiger partial charge in [-0.3, -0.25) is 4.78 Å². The molecule has 1 nitrogen and oxygen atoms in total. The van der Waals surface area contributed by atoms with Crippen molar-refractivity contribution in [1.82, 2.24) is 0 Å². The van der Waals surface area contributed by atoms with E-state index in [4.69, 9.17) is 4.78 Å². The molecule has 0 radical (unpaired) electrons. The van der Waals surface area contributed by atoms with E-state index in [2.05, 4.69) is 76.4 Å². The Morgan fingerprint density at radius 1 is 1.00 bits per heavy atom. The van der Waals surface area contributed by atoms with Gasteiger partial charge in [0.2, 0.25) is 0 Å². The predicted molar refractivity (Wildman–Crippen MR) is 122 cm³/mol. The summed E-state index contributed by atoms with van der Waals surface area (Å²) in [4.78, 5) is 1.13. The van der Waals surface area contributed by atoms with Crippen LogP contribution in [0.2, 0.25) is 0 Å². The van der Waals surface area contributed by atoms with Crippen molar-refractivity contribution in [3.63, 3.8) is 0 Å². The van der Waals surface area contributed by atoms with E-state index >= 15 is 0 Å². The summed E-state index contributed by atoms with van der Waals surface area (Å²) >= 11 is 0. The molecular formula is C24H39NS. The van der Waals surface area contributed by atoms with Crippen molar-refractivity contribution in [2.45, 2.75) is 77.0 Å². The summed E-state index contributed by atoms with van der Waals surface area (Å²) in [5, 5.41) is 0. The van der Waals surface area contributed by atoms with Crippen LogP contribution in [-0.2, 0) is 10.7 Å². The topological polar surface area (TPSA) is 23.9 Å². The summed E-state index contributed by atoms with van der Waals surface area (Å²) in [5.41, 5.74) is 2.52. The van der Waals surface area contributed by atoms with Gasteiger partial charge in [0, 0.05) is 10.6 Å². The summed E-state index contributed by atoms with van der Waals surface area (Å²) in [6.07, 6.45) is 17.8. The van der Waals surface area contributed by atoms with Crippen LogP contribution in [0.3, 0.4) is 0 Å². The summed E-state index contributed by atoms with van der Waals surface area (Å²) in [5.74, 6) is 0.897. The second-order valence-corrected chi connectivity index (χ2v) is 8.22. The lowest BCUT2D eigenvalue weighted by molar-refractivity contribution is 0.504. The van der Waals surface area contributed by atoms with Crippen molar-refractivity contribution in [3.8, 4) is 0 Å². The molecule has 1 unspecified atom stereocenters. The van der Waals surface area contributed by atoms with E-state index in [-0.39, 0.29) is 10.7 Å². The second kappa shape index (κ2) is 17.0. The first kappa shape index (κ1) is 24.6. The summed E-state index contributed by atoms with van der Waals surface area (Å²) in [7, 11) is -0.353. The summed E-state index contributed by atoms with van der Waals surface area (Å²) < 4.78 is 7.90. The Labute approximate surface area is 165 Å². The molecule has 1 fully saturated rings. The molecule has 1 aliphatic carbocycles. The van der Waals surface area contributed by atoms with Crippen molar-refractivity contribution < 1.29 is 0 Å². The zero-order valence-corrected chi connectivity index (χ0v) is 18.0. The van der Waals surface area contributed by atoms with Crippen molar-refractivity contribution in [1.29, 1.82) is 4.78 Å². The van der Waals surface area contributed by atoms with Gasteiger partial charge in [-0.15, -0.1) is 13.2 Å². The highest BCUT2D eigenvalue weighted by Gasteiger charge is 1.98. The third-order valence-corrected chi connectivity index (χ3v) is 5.74. The number of rotatable bonds is 6. The maximum absolute atomic E-state index is 7.90. The van der Waals surface area contributed by atoms with Crippen molar-refractivity contribution in [2.75, 3.05) is 5.75 Å². The Morgan fingerprint density at radius 2 is 1.50 bits per heavy atom. The largest absolute Gasteiger partial charge is 0.276 e. The fourth-order valence-corrected chi connectivity index (χ4v) is 3.48. The maximum Gasteiger partial charge on any atom is 0.0181 e. The van der Waals surface area contributed by atoms with Crippen LogP contribution >= 0.6 is 0 Å². The molecule has 2 rings (SSSR count). The van der Waals surface area contributed by atoms with E-state index in [1.807, 2.05) is 0 Å². The van der Waals surface area contributed by atoms with Gasteiger partial charge in [0.05, 0.1) is 0 Å². The van der Waals surface area contributed by atoms with Gasteiger partial charge in [-0.2, -0.15) is 0 Å². The van der Waals surface area contributed by atoms with E-state index in [1.165, 1.54) is 56.1 Å². The predicted octanol–water partition coefficient (Wildman–Crippen LogP) is 8.35. The van der Waals surface area contributed by atoms with E-state index in [1.54, 1.807) is 0 Å². The van der Waals surface area contributed by atoms with E-state index < -0.39 is 0 Å². The van der Waals surface area contributed by atoms with Gasteiger partial charge in [-0.05, 0) is 36.6 Å². The Kier molecular flexibility index (Phi) is 16.1. The Morgan fingerprint density at radius 3 is 1.92 bits per heavy atom. The fourth-order valence-electron chi connectivity index (χ4n) is 2.68. The molecule has 0 aliphatic heterocycles. The van der Waals surface area contributed by atoms with Crippen LogP contribution in [0.25, 0.3) is 5.57 Å². The average Bonchev–Trinajstić information content (AvgIpc) is 2.74. The molecule has 1 aromatic rings. The zero-order chi connectivity index (χ0) is 19.6. The summed E-state index contributed by atoms with van der Waals surface area (Å²) in [6.45, 7) is 12.4. The molecule has 0 spiro atoms. The lowest BCUT2D eigenvalue weighted by atomic mass is 10.0. The molecule has 1 aromatic carbocycles. The number of benzene rings is 1. The minimum Gasteiger partial charge on any atom is -0.276 e. The number of hydrogen-bond donors (Lipinski definition) is 1. The standard InChI is InChI=1S/C16H23NS.C6H12.C2H4/c1-4-6-7-8-9-14(3)15-10-12-16(13-11-15)18(17)5-2;1-2-4-6-5-3-1;1-2/h7-13,17H,4-6H2,1-3H3;1-6H2;1-2H2/b8-7-,14-9+;;. The van der Waals surface area contributed by atoms with Crippen LogP contribution in [-0.4, -0.2) is 5.75 Å². The van der Waals surface area contributed by atoms with Crippen molar-refractivity contribution >= 4 is 16.3 Å². The first-order valence-electron chi connectivity index (χ1n) is 10.0. The highest BCUT2D eigenvalue weighted by atomic mass is 32.2. The normalized spacial score (nSPS) is 15.4. The number of hydrogen-bond acceptors (Lipinski definition) is 1. The SMILES string of the molecule is C1CCCCC1.C=C.CCC/C=C\C=C(/C)c1ccc(S(=N)CC)cc1. The van der Waals surface area contributed by atoms with Gasteiger partial charge < -0.3 is 0 Å². The quantitative estimate of drug-likeness (QED) is 0.382. The van der Waals surface area contributed by atoms with Gasteiger partial charge in [0.15, 0.2) is 0 Å². The minimum atomic E-state index is -0.353. The molecule has 0 saturated heterocycles. The lowest BCUT2D eigenvalue weighted by Gasteiger charge is -2.05. The van der Waals surface area contributed by atoms with Crippen LogP contribution in [0.5, 0.6) is 0 Å². The lowest BCUT2D eigenvalue weighted by Crippen LogP contribution is -1.91. The highest BCUT2D eigenvalue weighted by Crippen LogP contribution is 2.17. The van der Waals surface area contributed by atoms with Gasteiger partial charge in [0.1, 0.15) is 0 Å². The van der Waals surface area contributed by atoms with Crippen LogP contribution in [0, 0.1) is 4.78 Å². The van der Waals surface area contributed by atoms with Crippen LogP contribution in [0.15, 0.2) is 60.5 Å². The molecule has 146 valence electrons. The van der Waals surface area contributed by atoms with Gasteiger partial charge in [0.25, 0.3) is 0 Å². The van der Waals surface area contributed by atoms with Crippen LogP contribution in [0.1, 0.15) is 77.7 Å². The van der Waals surface area contributed by atoms with Gasteiger partial charge in [-0.25, -0.2) is 0 Å². The molecular weight excluding hydrogens is 334 g/mol. The molecule has 1 aliphatic rings. The fraction of sp³-hybridized carbons (Fsp3) is 0.500. The molecule has 0 aromatic heterocycles. The molecule has 0 bridgehead atoms. The Hall–Kier alpha value is -1.41. The molecule has 1 N–H and O–H groups in total. The third kappa shape index (κ3) is 11.3. The smallest absolute Gasteiger partial charge is 0.0181 e. The van der Waals surface area contributed by atoms with Gasteiger partial charge in [-0.1, -0.05) is 99.8 Å². The van der Waals surface area contributed by atoms with Crippen LogP contribution in [0.4, 0.5) is 0 Å². The number of nitrogens with one attached hydrogen (secondary N) is 1. The summed E-state index contributed by atoms with van der Waals surface area (Å²) in [6, 6.07) is 8.42. The van der Waals surface area contributed by atoms with Crippen molar-refractivity contribution in [3.05, 3.63) is 61.2 Å². The first-order valence-corrected chi connectivity index (χ1v) is 11.4. The Bertz CT molecular complexity index is 524. The zero-order valence-electron chi connectivity index (χ0n) is 17.2. The number of allylic oxidation sites excluding steroid dienone is 4. The highest BCUT2D eigenvalue weighted by molar-refractivity contribution is 7.86. The van der Waals surface area contributed by atoms with E-state index in [9.17, 15) is 0 Å². The van der Waals surface area contributed by atoms with E-state index in [0.29, 0.717) is 0 Å². The first-order chi connectivity index (χ1) is 12.7. The number of unbranched alkanes of at least 4 members (excludes halogenated alkanes) is 1. The third-order valence-electron chi connectivity index (χ3n) is 4.32. The van der Waals surface area contributed by atoms with E-state index in [0.717, 1.165) is 17.1 Å². The van der Waals surface area contributed by atoms with Crippen molar-refractivity contribution in [2.24, 2.45) is 0 Å².